The molecule has 1 amide bonds. The number of amides is 1. The summed E-state index contributed by atoms with van der Waals surface area (Å²) >= 11 is 0. The van der Waals surface area contributed by atoms with Crippen molar-refractivity contribution in [3.63, 3.8) is 0 Å². The fraction of sp³-hybridized carbons (Fsp3) is 0.364. The molecule has 0 bridgehead atoms. The Bertz CT molecular complexity index is 981. The lowest BCUT2D eigenvalue weighted by atomic mass is 10.1. The summed E-state index contributed by atoms with van der Waals surface area (Å²) in [6.45, 7) is 2.87. The molecule has 0 unspecified atom stereocenters. The zero-order valence-electron chi connectivity index (χ0n) is 16.9. The molecule has 1 aliphatic heterocycles. The predicted molar refractivity (Wildman–Crippen MR) is 116 cm³/mol. The van der Waals surface area contributed by atoms with Gasteiger partial charge in [-0.05, 0) is 56.0 Å². The van der Waals surface area contributed by atoms with Crippen LogP contribution in [0.2, 0.25) is 0 Å². The van der Waals surface area contributed by atoms with E-state index in [1.807, 2.05) is 18.9 Å². The van der Waals surface area contributed by atoms with Crippen LogP contribution in [0.4, 0.5) is 5.69 Å². The van der Waals surface area contributed by atoms with E-state index in [1.165, 1.54) is 23.3 Å². The van der Waals surface area contributed by atoms with Crippen LogP contribution in [0.1, 0.15) is 36.8 Å². The fourth-order valence-corrected chi connectivity index (χ4v) is 4.34. The first-order chi connectivity index (χ1) is 13.8. The van der Waals surface area contributed by atoms with Gasteiger partial charge in [0.1, 0.15) is 5.84 Å². The van der Waals surface area contributed by atoms with Gasteiger partial charge in [-0.2, -0.15) is 8.42 Å². The van der Waals surface area contributed by atoms with Crippen molar-refractivity contribution in [1.82, 2.24) is 4.90 Å². The van der Waals surface area contributed by atoms with E-state index < -0.39 is 10.0 Å². The van der Waals surface area contributed by atoms with E-state index in [1.54, 1.807) is 12.1 Å². The molecule has 2 aromatic rings. The molecule has 154 valence electrons. The molecule has 7 heteroatoms. The maximum absolute atomic E-state index is 12.5. The van der Waals surface area contributed by atoms with E-state index in [2.05, 4.69) is 34.0 Å². The average Bonchev–Trinajstić information content (AvgIpc) is 3.08. The Labute approximate surface area is 172 Å². The van der Waals surface area contributed by atoms with Gasteiger partial charge >= 0.3 is 0 Å². The minimum atomic E-state index is -3.74. The highest BCUT2D eigenvalue weighted by Gasteiger charge is 2.20. The number of hydrogen-bond acceptors (Lipinski definition) is 3. The maximum Gasteiger partial charge on any atom is 0.283 e. The molecule has 0 aliphatic carbocycles. The Morgan fingerprint density at radius 2 is 1.79 bits per heavy atom. The van der Waals surface area contributed by atoms with Crippen molar-refractivity contribution in [2.75, 3.05) is 18.9 Å². The summed E-state index contributed by atoms with van der Waals surface area (Å²) in [5, 5.41) is 2.82. The summed E-state index contributed by atoms with van der Waals surface area (Å²) in [5.41, 5.74) is 3.01. The lowest BCUT2D eigenvalue weighted by Gasteiger charge is -2.11. The molecule has 0 atom stereocenters. The van der Waals surface area contributed by atoms with E-state index in [-0.39, 0.29) is 10.8 Å². The number of nitrogens with zero attached hydrogens (tertiary/aromatic N) is 2. The smallest absolute Gasteiger partial charge is 0.283 e. The molecule has 1 heterocycles. The number of nitrogens with one attached hydrogen (secondary N) is 1. The Balaban J connectivity index is 1.53. The maximum atomic E-state index is 12.5. The van der Waals surface area contributed by atoms with Crippen LogP contribution in [-0.4, -0.2) is 38.7 Å². The highest BCUT2D eigenvalue weighted by atomic mass is 32.2. The number of benzene rings is 2. The Morgan fingerprint density at radius 1 is 1.10 bits per heavy atom. The average molecular weight is 414 g/mol. The van der Waals surface area contributed by atoms with E-state index >= 15 is 0 Å². The third kappa shape index (κ3) is 5.90. The van der Waals surface area contributed by atoms with Crippen LogP contribution in [0.5, 0.6) is 0 Å². The molecule has 1 saturated heterocycles. The van der Waals surface area contributed by atoms with Crippen molar-refractivity contribution < 1.29 is 13.2 Å². The van der Waals surface area contributed by atoms with Crippen LogP contribution in [0.15, 0.2) is 57.8 Å². The SMILES string of the molecule is Cc1ccc(CCCC(=O)Nc2ccc(S(=O)(=O)/N=C3\CCCN3C)cc2)cc1. The number of likely N-dealkylation sites (tertiary alicyclic amines) is 1. The van der Waals surface area contributed by atoms with Gasteiger partial charge in [-0.1, -0.05) is 29.8 Å². The molecule has 0 aromatic heterocycles. The molecule has 0 saturated carbocycles. The lowest BCUT2D eigenvalue weighted by Crippen LogP contribution is -2.20. The molecular weight excluding hydrogens is 386 g/mol. The van der Waals surface area contributed by atoms with Gasteiger partial charge in [0.05, 0.1) is 4.90 Å². The van der Waals surface area contributed by atoms with Crippen molar-refractivity contribution in [1.29, 1.82) is 0 Å². The van der Waals surface area contributed by atoms with Gasteiger partial charge < -0.3 is 10.2 Å². The van der Waals surface area contributed by atoms with E-state index in [0.29, 0.717) is 24.4 Å². The van der Waals surface area contributed by atoms with Crippen molar-refractivity contribution >= 4 is 27.5 Å². The first-order valence-corrected chi connectivity index (χ1v) is 11.3. The summed E-state index contributed by atoms with van der Waals surface area (Å²) in [5.74, 6) is 0.511. The minimum Gasteiger partial charge on any atom is -0.362 e. The normalized spacial score (nSPS) is 15.7. The van der Waals surface area contributed by atoms with E-state index in [9.17, 15) is 13.2 Å². The number of carbonyl (C=O) groups excluding carboxylic acids is 1. The Morgan fingerprint density at radius 3 is 2.41 bits per heavy atom. The highest BCUT2D eigenvalue weighted by molar-refractivity contribution is 7.90. The molecular formula is C22H27N3O3S. The topological polar surface area (TPSA) is 78.8 Å². The number of hydrogen-bond donors (Lipinski definition) is 1. The summed E-state index contributed by atoms with van der Waals surface area (Å²) in [6, 6.07) is 14.5. The number of sulfonamides is 1. The first-order valence-electron chi connectivity index (χ1n) is 9.84. The van der Waals surface area contributed by atoms with Crippen LogP contribution < -0.4 is 5.32 Å². The van der Waals surface area contributed by atoms with Gasteiger partial charge in [-0.3, -0.25) is 4.79 Å². The van der Waals surface area contributed by atoms with Crippen LogP contribution in [0.3, 0.4) is 0 Å². The van der Waals surface area contributed by atoms with Crippen molar-refractivity contribution in [3.05, 3.63) is 59.7 Å². The molecule has 6 nitrogen and oxygen atoms in total. The zero-order chi connectivity index (χ0) is 20.9. The van der Waals surface area contributed by atoms with Crippen LogP contribution in [-0.2, 0) is 21.2 Å². The summed E-state index contributed by atoms with van der Waals surface area (Å²) in [6.07, 6.45) is 3.60. The number of aryl methyl sites for hydroxylation is 2. The molecule has 0 radical (unpaired) electrons. The molecule has 0 spiro atoms. The molecule has 1 fully saturated rings. The van der Waals surface area contributed by atoms with Gasteiger partial charge in [0, 0.05) is 32.1 Å². The van der Waals surface area contributed by atoms with Gasteiger partial charge in [-0.25, -0.2) is 0 Å². The van der Waals surface area contributed by atoms with Crippen LogP contribution in [0.25, 0.3) is 0 Å². The third-order valence-electron chi connectivity index (χ3n) is 4.99. The van der Waals surface area contributed by atoms with Crippen molar-refractivity contribution in [3.8, 4) is 0 Å². The lowest BCUT2D eigenvalue weighted by molar-refractivity contribution is -0.116. The first kappa shape index (κ1) is 21.0. The number of carbonyl (C=O) groups is 1. The molecule has 1 N–H and O–H groups in total. The predicted octanol–water partition coefficient (Wildman–Crippen LogP) is 3.77. The molecule has 3 rings (SSSR count). The fourth-order valence-electron chi connectivity index (χ4n) is 3.24. The molecule has 29 heavy (non-hydrogen) atoms. The zero-order valence-corrected chi connectivity index (χ0v) is 17.7. The van der Waals surface area contributed by atoms with E-state index in [4.69, 9.17) is 0 Å². The second-order valence-electron chi connectivity index (χ2n) is 7.42. The third-order valence-corrected chi connectivity index (χ3v) is 6.30. The number of anilines is 1. The van der Waals surface area contributed by atoms with Gasteiger partial charge in [0.25, 0.3) is 10.0 Å². The van der Waals surface area contributed by atoms with Crippen LogP contribution >= 0.6 is 0 Å². The second kappa shape index (κ2) is 9.22. The van der Waals surface area contributed by atoms with Crippen molar-refractivity contribution in [2.24, 2.45) is 4.40 Å². The highest BCUT2D eigenvalue weighted by Crippen LogP contribution is 2.19. The quantitative estimate of drug-likeness (QED) is 0.749. The minimum absolute atomic E-state index is 0.0828. The van der Waals surface area contributed by atoms with Gasteiger partial charge in [0.15, 0.2) is 0 Å². The standard InChI is InChI=1S/C22H27N3O3S/c1-17-8-10-18(11-9-17)5-3-7-22(26)23-19-12-14-20(15-13-19)29(27,28)24-21-6-4-16-25(21)2/h8-15H,3-7,16H2,1-2H3,(H,23,26)/b24-21+. The van der Waals surface area contributed by atoms with E-state index in [0.717, 1.165) is 25.8 Å². The summed E-state index contributed by atoms with van der Waals surface area (Å²) in [7, 11) is -1.89. The number of rotatable bonds is 7. The number of amidine groups is 1. The second-order valence-corrected chi connectivity index (χ2v) is 9.02. The summed E-state index contributed by atoms with van der Waals surface area (Å²) < 4.78 is 28.9. The Hall–Kier alpha value is -2.67. The summed E-state index contributed by atoms with van der Waals surface area (Å²) in [4.78, 5) is 14.1. The van der Waals surface area contributed by atoms with Crippen molar-refractivity contribution in [2.45, 2.75) is 43.9 Å². The molecule has 1 aliphatic rings. The monoisotopic (exact) mass is 413 g/mol. The van der Waals surface area contributed by atoms with Crippen LogP contribution in [0, 0.1) is 6.92 Å². The molecule has 2 aromatic carbocycles. The van der Waals surface area contributed by atoms with Gasteiger partial charge in [0.2, 0.25) is 5.91 Å². The van der Waals surface area contributed by atoms with Gasteiger partial charge in [-0.15, -0.1) is 4.40 Å². The largest absolute Gasteiger partial charge is 0.362 e. The Kier molecular flexibility index (Phi) is 6.69.